The Kier molecular flexibility index (Phi) is 6.97. The molecule has 138 valence electrons. The molecule has 0 saturated carbocycles. The lowest BCUT2D eigenvalue weighted by Gasteiger charge is -2.13. The molecule has 26 heavy (non-hydrogen) atoms. The normalized spacial score (nSPS) is 11.8. The topological polar surface area (TPSA) is 93.1 Å². The first-order valence-electron chi connectivity index (χ1n) is 8.29. The van der Waals surface area contributed by atoms with Gasteiger partial charge < -0.3 is 5.32 Å². The Morgan fingerprint density at radius 2 is 2.12 bits per heavy atom. The van der Waals surface area contributed by atoms with Crippen LogP contribution in [0.5, 0.6) is 0 Å². The molecule has 0 spiro atoms. The Bertz CT molecular complexity index is 878. The third-order valence-electron chi connectivity index (χ3n) is 3.71. The monoisotopic (exact) mass is 374 g/mol. The molecule has 0 aliphatic carbocycles. The lowest BCUT2D eigenvalue weighted by atomic mass is 10.2. The minimum atomic E-state index is -0.528. The van der Waals surface area contributed by atoms with Crippen LogP contribution in [-0.2, 0) is 11.3 Å². The van der Waals surface area contributed by atoms with Crippen molar-refractivity contribution in [2.75, 3.05) is 5.75 Å². The summed E-state index contributed by atoms with van der Waals surface area (Å²) in [6, 6.07) is 6.49. The number of aromatic nitrogens is 2. The molecule has 1 atom stereocenters. The Morgan fingerprint density at radius 1 is 1.38 bits per heavy atom. The van der Waals surface area contributed by atoms with Crippen molar-refractivity contribution in [3.05, 3.63) is 47.3 Å². The van der Waals surface area contributed by atoms with E-state index in [1.807, 2.05) is 13.8 Å². The van der Waals surface area contributed by atoms with Crippen molar-refractivity contribution in [2.45, 2.75) is 38.0 Å². The van der Waals surface area contributed by atoms with Crippen LogP contribution in [0, 0.1) is 0 Å². The van der Waals surface area contributed by atoms with Gasteiger partial charge in [-0.2, -0.15) is 0 Å². The van der Waals surface area contributed by atoms with E-state index in [4.69, 9.17) is 0 Å². The molecule has 0 aliphatic rings. The first-order valence-corrected chi connectivity index (χ1v) is 9.28. The average Bonchev–Trinajstić information content (AvgIpc) is 2.62. The fourth-order valence-corrected chi connectivity index (χ4v) is 3.01. The molecule has 8 heteroatoms. The number of hydrogen-bond donors (Lipinski definition) is 2. The van der Waals surface area contributed by atoms with E-state index in [9.17, 15) is 14.4 Å². The van der Waals surface area contributed by atoms with Gasteiger partial charge in [0.15, 0.2) is 5.16 Å². The van der Waals surface area contributed by atoms with Crippen LogP contribution in [0.1, 0.15) is 20.3 Å². The van der Waals surface area contributed by atoms with Gasteiger partial charge in [-0.15, -0.1) is 6.58 Å². The lowest BCUT2D eigenvalue weighted by molar-refractivity contribution is -0.117. The summed E-state index contributed by atoms with van der Waals surface area (Å²) in [6.07, 6.45) is 2.37. The van der Waals surface area contributed by atoms with E-state index in [0.29, 0.717) is 16.1 Å². The first-order chi connectivity index (χ1) is 12.5. The molecule has 0 bridgehead atoms. The highest BCUT2D eigenvalue weighted by molar-refractivity contribution is 7.99. The van der Waals surface area contributed by atoms with E-state index in [-0.39, 0.29) is 23.9 Å². The largest absolute Gasteiger partial charge is 0.335 e. The van der Waals surface area contributed by atoms with Crippen molar-refractivity contribution in [1.29, 1.82) is 0 Å². The summed E-state index contributed by atoms with van der Waals surface area (Å²) >= 11 is 1.10. The van der Waals surface area contributed by atoms with Gasteiger partial charge in [-0.25, -0.2) is 9.78 Å². The van der Waals surface area contributed by atoms with Crippen molar-refractivity contribution < 1.29 is 9.59 Å². The molecule has 0 radical (unpaired) electrons. The number of carbonyl (C=O) groups is 2. The van der Waals surface area contributed by atoms with Crippen molar-refractivity contribution in [1.82, 2.24) is 20.2 Å². The molecule has 0 saturated heterocycles. The Hall–Kier alpha value is -2.61. The molecule has 1 aromatic heterocycles. The lowest BCUT2D eigenvalue weighted by Crippen LogP contribution is -2.44. The molecule has 2 N–H and O–H groups in total. The van der Waals surface area contributed by atoms with Crippen molar-refractivity contribution in [3.63, 3.8) is 0 Å². The number of carbonyl (C=O) groups excluding carboxylic acids is 2. The summed E-state index contributed by atoms with van der Waals surface area (Å²) in [5.41, 5.74) is 0.378. The fraction of sp³-hybridized carbons (Fsp3) is 0.333. The number of benzene rings is 1. The van der Waals surface area contributed by atoms with Gasteiger partial charge in [0.25, 0.3) is 5.56 Å². The summed E-state index contributed by atoms with van der Waals surface area (Å²) in [4.78, 5) is 40.8. The van der Waals surface area contributed by atoms with Gasteiger partial charge in [-0.05, 0) is 25.5 Å². The third kappa shape index (κ3) is 4.95. The molecule has 2 rings (SSSR count). The molecule has 0 fully saturated rings. The molecule has 1 aromatic carbocycles. The number of urea groups is 1. The molecule has 2 aromatic rings. The summed E-state index contributed by atoms with van der Waals surface area (Å²) < 4.78 is 1.46. The van der Waals surface area contributed by atoms with Crippen molar-refractivity contribution >= 4 is 34.6 Å². The maximum Gasteiger partial charge on any atom is 0.321 e. The van der Waals surface area contributed by atoms with E-state index < -0.39 is 11.9 Å². The standard InChI is InChI=1S/C18H22N4O3S/c1-4-10-22-16(24)13-8-6-7-9-14(13)20-18(22)26-11-15(23)21-17(25)19-12(3)5-2/h4,6-9,12H,1,5,10-11H2,2-3H3,(H2,19,21,23,25)/t12-/m0/s1. The SMILES string of the molecule is C=CCn1c(SCC(=O)NC(=O)N[C@@H](C)CC)nc2ccccc2c1=O. The Labute approximate surface area is 155 Å². The van der Waals surface area contributed by atoms with Crippen molar-refractivity contribution in [2.24, 2.45) is 0 Å². The van der Waals surface area contributed by atoms with Gasteiger partial charge in [0, 0.05) is 12.6 Å². The third-order valence-corrected chi connectivity index (χ3v) is 4.69. The number of rotatable bonds is 7. The number of allylic oxidation sites excluding steroid dienone is 1. The zero-order chi connectivity index (χ0) is 19.1. The minimum absolute atomic E-state index is 0.0182. The van der Waals surface area contributed by atoms with E-state index >= 15 is 0 Å². The van der Waals surface area contributed by atoms with Gasteiger partial charge in [0.05, 0.1) is 16.7 Å². The molecular formula is C18H22N4O3S. The number of fused-ring (bicyclic) bond motifs is 1. The maximum absolute atomic E-state index is 12.6. The number of nitrogens with zero attached hydrogens (tertiary/aromatic N) is 2. The second-order valence-corrected chi connectivity index (χ2v) is 6.68. The van der Waals surface area contributed by atoms with Crippen molar-refractivity contribution in [3.8, 4) is 0 Å². The van der Waals surface area contributed by atoms with Crippen LogP contribution in [0.4, 0.5) is 4.79 Å². The van der Waals surface area contributed by atoms with Crippen LogP contribution in [-0.4, -0.2) is 33.3 Å². The first kappa shape index (κ1) is 19.7. The van der Waals surface area contributed by atoms with Crippen LogP contribution < -0.4 is 16.2 Å². The van der Waals surface area contributed by atoms with Gasteiger partial charge in [0.2, 0.25) is 5.91 Å². The van der Waals surface area contributed by atoms with Gasteiger partial charge >= 0.3 is 6.03 Å². The van der Waals surface area contributed by atoms with E-state index in [2.05, 4.69) is 22.2 Å². The summed E-state index contributed by atoms with van der Waals surface area (Å²) in [5.74, 6) is -0.487. The maximum atomic E-state index is 12.6. The zero-order valence-electron chi connectivity index (χ0n) is 14.8. The number of imide groups is 1. The van der Waals surface area contributed by atoms with Gasteiger partial charge in [-0.1, -0.05) is 36.9 Å². The second-order valence-electron chi connectivity index (χ2n) is 5.74. The summed E-state index contributed by atoms with van der Waals surface area (Å²) in [5, 5.41) is 5.85. The van der Waals surface area contributed by atoms with Crippen LogP contribution in [0.2, 0.25) is 0 Å². The highest BCUT2D eigenvalue weighted by atomic mass is 32.2. The number of nitrogens with one attached hydrogen (secondary N) is 2. The Morgan fingerprint density at radius 3 is 2.81 bits per heavy atom. The molecular weight excluding hydrogens is 352 g/mol. The number of amides is 3. The highest BCUT2D eigenvalue weighted by Gasteiger charge is 2.14. The number of hydrogen-bond acceptors (Lipinski definition) is 5. The van der Waals surface area contributed by atoms with Crippen LogP contribution in [0.25, 0.3) is 10.9 Å². The molecule has 3 amide bonds. The molecule has 1 heterocycles. The highest BCUT2D eigenvalue weighted by Crippen LogP contribution is 2.17. The summed E-state index contributed by atoms with van der Waals surface area (Å²) in [6.45, 7) is 7.74. The molecule has 0 unspecified atom stereocenters. The van der Waals surface area contributed by atoms with Crippen LogP contribution in [0.15, 0.2) is 46.9 Å². The van der Waals surface area contributed by atoms with E-state index in [0.717, 1.165) is 18.2 Å². The van der Waals surface area contributed by atoms with E-state index in [1.54, 1.807) is 30.3 Å². The van der Waals surface area contributed by atoms with Gasteiger partial charge in [-0.3, -0.25) is 19.5 Å². The molecule has 7 nitrogen and oxygen atoms in total. The minimum Gasteiger partial charge on any atom is -0.335 e. The van der Waals surface area contributed by atoms with E-state index in [1.165, 1.54) is 4.57 Å². The predicted octanol–water partition coefficient (Wildman–Crippen LogP) is 2.30. The summed E-state index contributed by atoms with van der Waals surface area (Å²) in [7, 11) is 0. The van der Waals surface area contributed by atoms with Gasteiger partial charge in [0.1, 0.15) is 0 Å². The Balaban J connectivity index is 2.13. The number of thioether (sulfide) groups is 1. The van der Waals surface area contributed by atoms with Crippen LogP contribution in [0.3, 0.4) is 0 Å². The second kappa shape index (κ2) is 9.19. The predicted molar refractivity (Wildman–Crippen MR) is 103 cm³/mol. The number of para-hydroxylation sites is 1. The van der Waals surface area contributed by atoms with Crippen LogP contribution >= 0.6 is 11.8 Å². The average molecular weight is 374 g/mol. The fourth-order valence-electron chi connectivity index (χ4n) is 2.20. The quantitative estimate of drug-likeness (QED) is 0.441. The zero-order valence-corrected chi connectivity index (χ0v) is 15.6. The smallest absolute Gasteiger partial charge is 0.321 e. The molecule has 0 aliphatic heterocycles.